The quantitative estimate of drug-likeness (QED) is 0.741. The summed E-state index contributed by atoms with van der Waals surface area (Å²) in [5, 5.41) is 13.2. The van der Waals surface area contributed by atoms with Crippen LogP contribution in [0.5, 0.6) is 0 Å². The van der Waals surface area contributed by atoms with Crippen molar-refractivity contribution < 1.29 is 0 Å². The van der Waals surface area contributed by atoms with E-state index in [0.717, 1.165) is 30.3 Å². The maximum Gasteiger partial charge on any atom is 0.178 e. The van der Waals surface area contributed by atoms with E-state index in [1.165, 1.54) is 5.56 Å². The van der Waals surface area contributed by atoms with Crippen molar-refractivity contribution in [1.29, 1.82) is 0 Å². The number of anilines is 1. The molecule has 3 heterocycles. The lowest BCUT2D eigenvalue weighted by Gasteiger charge is -2.19. The summed E-state index contributed by atoms with van der Waals surface area (Å²) in [6.07, 6.45) is 4.60. The minimum absolute atomic E-state index is 0.0966. The molecule has 3 rings (SSSR count). The molecule has 120 valence electrons. The molecule has 6 heteroatoms. The molecular weight excluding hydrogens is 288 g/mol. The third-order valence-electron chi connectivity index (χ3n) is 3.80. The fourth-order valence-electron chi connectivity index (χ4n) is 2.41. The summed E-state index contributed by atoms with van der Waals surface area (Å²) < 4.78 is 1.85. The van der Waals surface area contributed by atoms with E-state index in [1.54, 1.807) is 0 Å². The highest BCUT2D eigenvalue weighted by Crippen LogP contribution is 2.21. The highest BCUT2D eigenvalue weighted by molar-refractivity contribution is 5.45. The second-order valence-electron chi connectivity index (χ2n) is 6.76. The predicted octanol–water partition coefficient (Wildman–Crippen LogP) is 2.50. The van der Waals surface area contributed by atoms with E-state index in [0.29, 0.717) is 0 Å². The van der Waals surface area contributed by atoms with E-state index >= 15 is 0 Å². The van der Waals surface area contributed by atoms with Crippen molar-refractivity contribution >= 4 is 11.5 Å². The average Bonchev–Trinajstić information content (AvgIpc) is 2.96. The number of pyridine rings is 1. The number of fused-ring (bicyclic) bond motifs is 1. The van der Waals surface area contributed by atoms with Gasteiger partial charge in [-0.3, -0.25) is 4.98 Å². The van der Waals surface area contributed by atoms with Crippen molar-refractivity contribution in [2.75, 3.05) is 18.5 Å². The largest absolute Gasteiger partial charge is 0.358 e. The molecule has 3 aromatic rings. The summed E-state index contributed by atoms with van der Waals surface area (Å²) in [7, 11) is 2.05. The molecular formula is C17H22N6. The van der Waals surface area contributed by atoms with Crippen LogP contribution in [-0.2, 0) is 11.8 Å². The zero-order chi connectivity index (χ0) is 16.4. The standard InChI is InChI=1S/C17H22N6/c1-17(2,3)16-20-19-14-5-6-15(21-23(14)16)22(4)12-9-13-7-10-18-11-8-13/h5-8,10-11H,9,12H2,1-4H3. The number of likely N-dealkylation sites (N-methyl/N-ethyl adjacent to an activating group) is 1. The molecule has 0 aromatic carbocycles. The van der Waals surface area contributed by atoms with Crippen molar-refractivity contribution in [3.05, 3.63) is 48.0 Å². The first-order chi connectivity index (χ1) is 10.9. The van der Waals surface area contributed by atoms with E-state index in [1.807, 2.05) is 41.2 Å². The number of hydrogen-bond acceptors (Lipinski definition) is 5. The molecule has 0 fully saturated rings. The SMILES string of the molecule is CN(CCc1ccncc1)c1ccc2nnc(C(C)(C)C)n2n1. The Balaban J connectivity index is 1.82. The number of nitrogens with zero attached hydrogens (tertiary/aromatic N) is 6. The normalized spacial score (nSPS) is 11.8. The maximum absolute atomic E-state index is 4.72. The van der Waals surface area contributed by atoms with Crippen LogP contribution < -0.4 is 4.90 Å². The first kappa shape index (κ1) is 15.4. The second-order valence-corrected chi connectivity index (χ2v) is 6.76. The minimum atomic E-state index is -0.0966. The highest BCUT2D eigenvalue weighted by Gasteiger charge is 2.22. The Morgan fingerprint density at radius 2 is 1.78 bits per heavy atom. The molecule has 0 amide bonds. The molecule has 0 spiro atoms. The van der Waals surface area contributed by atoms with Crippen molar-refractivity contribution in [3.63, 3.8) is 0 Å². The third kappa shape index (κ3) is 3.31. The first-order valence-electron chi connectivity index (χ1n) is 7.78. The zero-order valence-electron chi connectivity index (χ0n) is 14.1. The summed E-state index contributed by atoms with van der Waals surface area (Å²) >= 11 is 0. The van der Waals surface area contributed by atoms with E-state index < -0.39 is 0 Å². The summed E-state index contributed by atoms with van der Waals surface area (Å²) in [5.41, 5.74) is 1.95. The molecule has 0 saturated carbocycles. The van der Waals surface area contributed by atoms with Gasteiger partial charge in [-0.05, 0) is 36.2 Å². The van der Waals surface area contributed by atoms with Gasteiger partial charge in [0.1, 0.15) is 5.82 Å². The molecule has 23 heavy (non-hydrogen) atoms. The Kier molecular flexibility index (Phi) is 3.98. The van der Waals surface area contributed by atoms with Gasteiger partial charge in [0.2, 0.25) is 0 Å². The zero-order valence-corrected chi connectivity index (χ0v) is 14.1. The van der Waals surface area contributed by atoms with Crippen molar-refractivity contribution in [2.24, 2.45) is 0 Å². The summed E-state index contributed by atoms with van der Waals surface area (Å²) in [6, 6.07) is 8.04. The van der Waals surface area contributed by atoms with Crippen LogP contribution in [0.15, 0.2) is 36.7 Å². The molecule has 0 atom stereocenters. The third-order valence-corrected chi connectivity index (χ3v) is 3.80. The van der Waals surface area contributed by atoms with Gasteiger partial charge in [0.25, 0.3) is 0 Å². The van der Waals surface area contributed by atoms with E-state index in [2.05, 4.69) is 47.9 Å². The van der Waals surface area contributed by atoms with Crippen LogP contribution in [-0.4, -0.2) is 38.4 Å². The van der Waals surface area contributed by atoms with Gasteiger partial charge in [-0.2, -0.15) is 4.52 Å². The lowest BCUT2D eigenvalue weighted by atomic mass is 9.96. The van der Waals surface area contributed by atoms with E-state index in [-0.39, 0.29) is 5.41 Å². The second kappa shape index (κ2) is 5.95. The molecule has 0 N–H and O–H groups in total. The van der Waals surface area contributed by atoms with Gasteiger partial charge < -0.3 is 4.90 Å². The van der Waals surface area contributed by atoms with Gasteiger partial charge in [-0.25, -0.2) is 0 Å². The maximum atomic E-state index is 4.72. The Morgan fingerprint density at radius 3 is 2.48 bits per heavy atom. The molecule has 0 bridgehead atoms. The fourth-order valence-corrected chi connectivity index (χ4v) is 2.41. The fraction of sp³-hybridized carbons (Fsp3) is 0.412. The van der Waals surface area contributed by atoms with Crippen LogP contribution in [0.2, 0.25) is 0 Å². The van der Waals surface area contributed by atoms with Gasteiger partial charge in [-0.1, -0.05) is 20.8 Å². The minimum Gasteiger partial charge on any atom is -0.358 e. The topological polar surface area (TPSA) is 59.2 Å². The Morgan fingerprint density at radius 1 is 1.04 bits per heavy atom. The van der Waals surface area contributed by atoms with Gasteiger partial charge in [0.15, 0.2) is 11.5 Å². The van der Waals surface area contributed by atoms with Gasteiger partial charge in [0.05, 0.1) is 0 Å². The molecule has 0 aliphatic heterocycles. The Hall–Kier alpha value is -2.50. The van der Waals surface area contributed by atoms with Gasteiger partial charge in [-0.15, -0.1) is 15.3 Å². The van der Waals surface area contributed by atoms with E-state index in [4.69, 9.17) is 5.10 Å². The summed E-state index contributed by atoms with van der Waals surface area (Å²) in [4.78, 5) is 6.19. The lowest BCUT2D eigenvalue weighted by Crippen LogP contribution is -2.23. The monoisotopic (exact) mass is 310 g/mol. The lowest BCUT2D eigenvalue weighted by molar-refractivity contribution is 0.526. The van der Waals surface area contributed by atoms with Gasteiger partial charge in [0, 0.05) is 31.4 Å². The number of rotatable bonds is 4. The molecule has 3 aromatic heterocycles. The molecule has 0 aliphatic rings. The van der Waals surface area contributed by atoms with Crippen LogP contribution in [0.1, 0.15) is 32.2 Å². The van der Waals surface area contributed by atoms with Crippen molar-refractivity contribution in [2.45, 2.75) is 32.6 Å². The smallest absolute Gasteiger partial charge is 0.178 e. The van der Waals surface area contributed by atoms with E-state index in [9.17, 15) is 0 Å². The molecule has 6 nitrogen and oxygen atoms in total. The van der Waals surface area contributed by atoms with Crippen LogP contribution in [0.4, 0.5) is 5.82 Å². The number of hydrogen-bond donors (Lipinski definition) is 0. The first-order valence-corrected chi connectivity index (χ1v) is 7.78. The van der Waals surface area contributed by atoms with Crippen molar-refractivity contribution in [1.82, 2.24) is 24.8 Å². The van der Waals surface area contributed by atoms with Gasteiger partial charge >= 0.3 is 0 Å². The molecule has 0 saturated heterocycles. The van der Waals surface area contributed by atoms with Crippen molar-refractivity contribution in [3.8, 4) is 0 Å². The Bertz CT molecular complexity index is 788. The summed E-state index contributed by atoms with van der Waals surface area (Å²) in [5.74, 6) is 1.79. The highest BCUT2D eigenvalue weighted by atomic mass is 15.4. The van der Waals surface area contributed by atoms with Crippen LogP contribution >= 0.6 is 0 Å². The van der Waals surface area contributed by atoms with Crippen LogP contribution in [0, 0.1) is 0 Å². The number of aromatic nitrogens is 5. The Labute approximate surface area is 136 Å². The predicted molar refractivity (Wildman–Crippen MR) is 90.7 cm³/mol. The molecule has 0 radical (unpaired) electrons. The molecule has 0 aliphatic carbocycles. The molecule has 0 unspecified atom stereocenters. The average molecular weight is 310 g/mol. The van der Waals surface area contributed by atoms with Crippen LogP contribution in [0.25, 0.3) is 5.65 Å². The van der Waals surface area contributed by atoms with Crippen LogP contribution in [0.3, 0.4) is 0 Å². The summed E-state index contributed by atoms with van der Waals surface area (Å²) in [6.45, 7) is 7.23.